The molecule has 0 radical (unpaired) electrons. The molecule has 0 bridgehead atoms. The second-order valence-corrected chi connectivity index (χ2v) is 5.92. The first-order valence-corrected chi connectivity index (χ1v) is 8.38. The lowest BCUT2D eigenvalue weighted by atomic mass is 10.0. The second kappa shape index (κ2) is 8.49. The molecule has 0 N–H and O–H groups in total. The number of ether oxygens (including phenoxy) is 2. The SMILES string of the molecule is C#Cc1ccc(-c2ccc(OCc3ccccc3)nc2)cc1OCC(F)(F)F. The Morgan fingerprint density at radius 2 is 1.68 bits per heavy atom. The van der Waals surface area contributed by atoms with Gasteiger partial charge in [0.05, 0.1) is 5.56 Å². The number of rotatable bonds is 6. The summed E-state index contributed by atoms with van der Waals surface area (Å²) in [6.45, 7) is -1.02. The van der Waals surface area contributed by atoms with Crippen molar-refractivity contribution >= 4 is 0 Å². The molecule has 0 saturated carbocycles. The van der Waals surface area contributed by atoms with Crippen LogP contribution in [0.3, 0.4) is 0 Å². The molecule has 3 nitrogen and oxygen atoms in total. The largest absolute Gasteiger partial charge is 0.483 e. The first kappa shape index (κ1) is 19.3. The van der Waals surface area contributed by atoms with Crippen molar-refractivity contribution in [2.24, 2.45) is 0 Å². The van der Waals surface area contributed by atoms with Crippen molar-refractivity contribution in [1.82, 2.24) is 4.98 Å². The van der Waals surface area contributed by atoms with Gasteiger partial charge in [0, 0.05) is 17.8 Å². The van der Waals surface area contributed by atoms with Gasteiger partial charge in [-0.1, -0.05) is 42.3 Å². The molecule has 142 valence electrons. The molecular weight excluding hydrogens is 367 g/mol. The van der Waals surface area contributed by atoms with Crippen LogP contribution in [0.15, 0.2) is 66.9 Å². The third-order valence-corrected chi connectivity index (χ3v) is 3.83. The Labute approximate surface area is 160 Å². The van der Waals surface area contributed by atoms with Crippen LogP contribution in [0.25, 0.3) is 11.1 Å². The molecule has 0 fully saturated rings. The highest BCUT2D eigenvalue weighted by molar-refractivity contribution is 5.67. The molecule has 2 aromatic carbocycles. The van der Waals surface area contributed by atoms with E-state index >= 15 is 0 Å². The standard InChI is InChI=1S/C22H16F3NO2/c1-2-17-8-9-18(12-20(17)28-15-22(23,24)25)19-10-11-21(26-13-19)27-14-16-6-4-3-5-7-16/h1,3-13H,14-15H2. The maximum absolute atomic E-state index is 12.4. The van der Waals surface area contributed by atoms with Crippen molar-refractivity contribution in [1.29, 1.82) is 0 Å². The second-order valence-electron chi connectivity index (χ2n) is 5.92. The van der Waals surface area contributed by atoms with Crippen molar-refractivity contribution in [3.05, 3.63) is 78.0 Å². The summed E-state index contributed by atoms with van der Waals surface area (Å²) in [7, 11) is 0. The fourth-order valence-electron chi connectivity index (χ4n) is 2.47. The summed E-state index contributed by atoms with van der Waals surface area (Å²) in [4.78, 5) is 4.24. The lowest BCUT2D eigenvalue weighted by Crippen LogP contribution is -2.19. The van der Waals surface area contributed by atoms with E-state index in [1.807, 2.05) is 30.3 Å². The van der Waals surface area contributed by atoms with Gasteiger partial charge in [-0.05, 0) is 29.3 Å². The van der Waals surface area contributed by atoms with E-state index in [-0.39, 0.29) is 11.3 Å². The van der Waals surface area contributed by atoms with Crippen LogP contribution in [-0.2, 0) is 6.61 Å². The Morgan fingerprint density at radius 1 is 0.929 bits per heavy atom. The molecule has 28 heavy (non-hydrogen) atoms. The monoisotopic (exact) mass is 383 g/mol. The number of hydrogen-bond acceptors (Lipinski definition) is 3. The van der Waals surface area contributed by atoms with E-state index in [4.69, 9.17) is 15.9 Å². The fraction of sp³-hybridized carbons (Fsp3) is 0.136. The number of benzene rings is 2. The molecule has 3 rings (SSSR count). The number of terminal acetylenes is 1. The maximum Gasteiger partial charge on any atom is 0.422 e. The van der Waals surface area contributed by atoms with Crippen LogP contribution in [-0.4, -0.2) is 17.8 Å². The maximum atomic E-state index is 12.4. The van der Waals surface area contributed by atoms with Gasteiger partial charge in [0.15, 0.2) is 6.61 Å². The third kappa shape index (κ3) is 5.27. The number of alkyl halides is 3. The highest BCUT2D eigenvalue weighted by atomic mass is 19.4. The molecule has 0 spiro atoms. The van der Waals surface area contributed by atoms with Gasteiger partial charge in [0.1, 0.15) is 12.4 Å². The molecule has 6 heteroatoms. The van der Waals surface area contributed by atoms with Gasteiger partial charge in [0.25, 0.3) is 0 Å². The van der Waals surface area contributed by atoms with Crippen LogP contribution in [0.5, 0.6) is 11.6 Å². The molecule has 1 heterocycles. The summed E-state index contributed by atoms with van der Waals surface area (Å²) in [6.07, 6.45) is 2.48. The van der Waals surface area contributed by atoms with E-state index in [9.17, 15) is 13.2 Å². The summed E-state index contributed by atoms with van der Waals surface area (Å²) >= 11 is 0. The van der Waals surface area contributed by atoms with Crippen LogP contribution < -0.4 is 9.47 Å². The number of halogens is 3. The van der Waals surface area contributed by atoms with Crippen molar-refractivity contribution < 1.29 is 22.6 Å². The van der Waals surface area contributed by atoms with Crippen molar-refractivity contribution in [2.75, 3.05) is 6.61 Å². The Kier molecular flexibility index (Phi) is 5.85. The molecule has 3 aromatic rings. The van der Waals surface area contributed by atoms with Gasteiger partial charge in [-0.2, -0.15) is 13.2 Å². The topological polar surface area (TPSA) is 31.4 Å². The average Bonchev–Trinajstić information content (AvgIpc) is 2.71. The normalized spacial score (nSPS) is 10.9. The van der Waals surface area contributed by atoms with Gasteiger partial charge in [-0.15, -0.1) is 6.42 Å². The zero-order valence-electron chi connectivity index (χ0n) is 14.7. The quantitative estimate of drug-likeness (QED) is 0.545. The smallest absolute Gasteiger partial charge is 0.422 e. The van der Waals surface area contributed by atoms with Gasteiger partial charge >= 0.3 is 6.18 Å². The number of hydrogen-bond donors (Lipinski definition) is 0. The highest BCUT2D eigenvalue weighted by Crippen LogP contribution is 2.29. The average molecular weight is 383 g/mol. The minimum Gasteiger partial charge on any atom is -0.483 e. The lowest BCUT2D eigenvalue weighted by Gasteiger charge is -2.12. The highest BCUT2D eigenvalue weighted by Gasteiger charge is 2.28. The third-order valence-electron chi connectivity index (χ3n) is 3.83. The molecule has 0 aliphatic heterocycles. The van der Waals surface area contributed by atoms with E-state index < -0.39 is 12.8 Å². The summed E-state index contributed by atoms with van der Waals surface area (Å²) in [6, 6.07) is 17.9. The van der Waals surface area contributed by atoms with Crippen LogP contribution >= 0.6 is 0 Å². The predicted molar refractivity (Wildman–Crippen MR) is 99.9 cm³/mol. The predicted octanol–water partition coefficient (Wildman–Crippen LogP) is 5.25. The lowest BCUT2D eigenvalue weighted by molar-refractivity contribution is -0.153. The Morgan fingerprint density at radius 3 is 2.32 bits per heavy atom. The molecule has 0 saturated heterocycles. The Balaban J connectivity index is 1.73. The van der Waals surface area contributed by atoms with E-state index in [0.29, 0.717) is 23.6 Å². The van der Waals surface area contributed by atoms with Crippen LogP contribution in [0, 0.1) is 12.3 Å². The Hall–Kier alpha value is -3.46. The summed E-state index contributed by atoms with van der Waals surface area (Å²) in [5.41, 5.74) is 2.61. The van der Waals surface area contributed by atoms with E-state index in [2.05, 4.69) is 10.9 Å². The number of nitrogens with zero attached hydrogens (tertiary/aromatic N) is 1. The summed E-state index contributed by atoms with van der Waals surface area (Å²) < 4.78 is 47.8. The molecule has 0 unspecified atom stereocenters. The van der Waals surface area contributed by atoms with Gasteiger partial charge in [0.2, 0.25) is 5.88 Å². The van der Waals surface area contributed by atoms with Crippen molar-refractivity contribution in [3.8, 4) is 35.1 Å². The van der Waals surface area contributed by atoms with Crippen LogP contribution in [0.1, 0.15) is 11.1 Å². The zero-order chi connectivity index (χ0) is 20.0. The molecule has 0 atom stereocenters. The van der Waals surface area contributed by atoms with Gasteiger partial charge in [-0.25, -0.2) is 4.98 Å². The molecular formula is C22H16F3NO2. The summed E-state index contributed by atoms with van der Waals surface area (Å²) in [5.74, 6) is 2.77. The summed E-state index contributed by atoms with van der Waals surface area (Å²) in [5, 5.41) is 0. The van der Waals surface area contributed by atoms with Gasteiger partial charge < -0.3 is 9.47 Å². The molecule has 0 amide bonds. The van der Waals surface area contributed by atoms with Gasteiger partial charge in [-0.3, -0.25) is 0 Å². The minimum absolute atomic E-state index is 0.00160. The van der Waals surface area contributed by atoms with E-state index in [1.54, 1.807) is 30.5 Å². The fourth-order valence-corrected chi connectivity index (χ4v) is 2.47. The number of pyridine rings is 1. The minimum atomic E-state index is -4.44. The first-order chi connectivity index (χ1) is 13.4. The van der Waals surface area contributed by atoms with E-state index in [1.165, 1.54) is 6.07 Å². The number of aromatic nitrogens is 1. The Bertz CT molecular complexity index is 962. The van der Waals surface area contributed by atoms with Crippen LogP contribution in [0.4, 0.5) is 13.2 Å². The van der Waals surface area contributed by atoms with Crippen molar-refractivity contribution in [2.45, 2.75) is 12.8 Å². The molecule has 0 aliphatic carbocycles. The van der Waals surface area contributed by atoms with E-state index in [0.717, 1.165) is 5.56 Å². The molecule has 0 aliphatic rings. The molecule has 1 aromatic heterocycles. The van der Waals surface area contributed by atoms with Crippen molar-refractivity contribution in [3.63, 3.8) is 0 Å². The first-order valence-electron chi connectivity index (χ1n) is 8.38. The zero-order valence-corrected chi connectivity index (χ0v) is 14.7. The van der Waals surface area contributed by atoms with Crippen LogP contribution in [0.2, 0.25) is 0 Å².